The van der Waals surface area contributed by atoms with Gasteiger partial charge in [0.25, 0.3) is 0 Å². The Morgan fingerprint density at radius 1 is 0.788 bits per heavy atom. The Labute approximate surface area is 196 Å². The van der Waals surface area contributed by atoms with Gasteiger partial charge in [0.05, 0.1) is 0 Å². The zero-order valence-electron chi connectivity index (χ0n) is 19.5. The molecule has 2 aliphatic carbocycles. The van der Waals surface area contributed by atoms with Crippen molar-refractivity contribution in [2.24, 2.45) is 11.8 Å². The molecule has 2 unspecified atom stereocenters. The monoisotopic (exact) mass is 456 g/mol. The van der Waals surface area contributed by atoms with Gasteiger partial charge in [0.2, 0.25) is 0 Å². The average Bonchev–Trinajstić information content (AvgIpc) is 3.08. The molecular formula is C27H37FN2O3. The molecule has 1 saturated carbocycles. The molecule has 0 bridgehead atoms. The van der Waals surface area contributed by atoms with Crippen LogP contribution in [0.1, 0.15) is 62.5 Å². The van der Waals surface area contributed by atoms with Crippen molar-refractivity contribution in [3.63, 3.8) is 0 Å². The van der Waals surface area contributed by atoms with Crippen LogP contribution in [-0.2, 0) is 19.4 Å². The highest BCUT2D eigenvalue weighted by molar-refractivity contribution is 5.46. The van der Waals surface area contributed by atoms with E-state index in [-0.39, 0.29) is 11.9 Å². The minimum atomic E-state index is -0.235. The summed E-state index contributed by atoms with van der Waals surface area (Å²) < 4.78 is 21.0. The van der Waals surface area contributed by atoms with Crippen LogP contribution in [-0.4, -0.2) is 45.4 Å². The predicted octanol–water partition coefficient (Wildman–Crippen LogP) is 5.27. The number of fused-ring (bicyclic) bond motifs is 1. The SMILES string of the molecule is Oc1c2c(c(O)n1CC1CCCCC1CN1CCC(Oc3ccc(F)cc3)CC1)CCCC2. The van der Waals surface area contributed by atoms with Gasteiger partial charge in [-0.05, 0) is 87.5 Å². The van der Waals surface area contributed by atoms with Crippen LogP contribution in [0.2, 0.25) is 0 Å². The molecule has 1 aromatic heterocycles. The van der Waals surface area contributed by atoms with Gasteiger partial charge in [-0.1, -0.05) is 12.8 Å². The van der Waals surface area contributed by atoms with Crippen LogP contribution in [0, 0.1) is 17.7 Å². The van der Waals surface area contributed by atoms with Gasteiger partial charge in [-0.15, -0.1) is 0 Å². The van der Waals surface area contributed by atoms with Crippen molar-refractivity contribution < 1.29 is 19.3 Å². The molecule has 5 rings (SSSR count). The lowest BCUT2D eigenvalue weighted by Gasteiger charge is -2.38. The van der Waals surface area contributed by atoms with Gasteiger partial charge in [-0.2, -0.15) is 0 Å². The van der Waals surface area contributed by atoms with Crippen molar-refractivity contribution in [2.45, 2.75) is 76.9 Å². The van der Waals surface area contributed by atoms with Crippen molar-refractivity contribution >= 4 is 0 Å². The number of rotatable bonds is 6. The van der Waals surface area contributed by atoms with E-state index < -0.39 is 0 Å². The molecule has 1 saturated heterocycles. The lowest BCUT2D eigenvalue weighted by atomic mass is 9.78. The van der Waals surface area contributed by atoms with E-state index in [0.717, 1.165) is 88.0 Å². The van der Waals surface area contributed by atoms with Gasteiger partial charge < -0.3 is 19.8 Å². The highest BCUT2D eigenvalue weighted by atomic mass is 19.1. The van der Waals surface area contributed by atoms with Crippen LogP contribution >= 0.6 is 0 Å². The number of piperidine rings is 1. The molecule has 2 N–H and O–H groups in total. The summed E-state index contributed by atoms with van der Waals surface area (Å²) in [5.74, 6) is 2.21. The minimum Gasteiger partial charge on any atom is -0.494 e. The third-order valence-electron chi connectivity index (χ3n) is 8.15. The van der Waals surface area contributed by atoms with E-state index in [0.29, 0.717) is 23.6 Å². The highest BCUT2D eigenvalue weighted by Gasteiger charge is 2.32. The maximum atomic E-state index is 13.1. The largest absolute Gasteiger partial charge is 0.494 e. The molecule has 2 heterocycles. The van der Waals surface area contributed by atoms with Crippen LogP contribution in [0.4, 0.5) is 4.39 Å². The first-order chi connectivity index (χ1) is 16.1. The molecule has 1 aromatic carbocycles. The van der Waals surface area contributed by atoms with Crippen molar-refractivity contribution in [3.05, 3.63) is 41.2 Å². The number of likely N-dealkylation sites (tertiary alicyclic amines) is 1. The van der Waals surface area contributed by atoms with E-state index in [1.165, 1.54) is 31.4 Å². The average molecular weight is 457 g/mol. The van der Waals surface area contributed by atoms with Gasteiger partial charge in [0, 0.05) is 37.3 Å². The summed E-state index contributed by atoms with van der Waals surface area (Å²) in [5, 5.41) is 21.6. The Balaban J connectivity index is 1.17. The molecule has 180 valence electrons. The third-order valence-corrected chi connectivity index (χ3v) is 8.15. The second-order valence-electron chi connectivity index (χ2n) is 10.3. The second-order valence-corrected chi connectivity index (χ2v) is 10.3. The first-order valence-electron chi connectivity index (χ1n) is 12.8. The van der Waals surface area contributed by atoms with E-state index in [1.807, 2.05) is 4.57 Å². The molecule has 1 aliphatic heterocycles. The summed E-state index contributed by atoms with van der Waals surface area (Å²) in [7, 11) is 0. The first-order valence-corrected chi connectivity index (χ1v) is 12.8. The van der Waals surface area contributed by atoms with Crippen LogP contribution in [0.25, 0.3) is 0 Å². The zero-order valence-corrected chi connectivity index (χ0v) is 19.5. The van der Waals surface area contributed by atoms with E-state index >= 15 is 0 Å². The summed E-state index contributed by atoms with van der Waals surface area (Å²) in [6.07, 6.45) is 11.0. The Hall–Kier alpha value is -2.21. The van der Waals surface area contributed by atoms with Crippen molar-refractivity contribution in [1.29, 1.82) is 0 Å². The maximum absolute atomic E-state index is 13.1. The number of halogens is 1. The number of aromatic nitrogens is 1. The van der Waals surface area contributed by atoms with E-state index in [2.05, 4.69) is 4.90 Å². The van der Waals surface area contributed by atoms with Gasteiger partial charge >= 0.3 is 0 Å². The van der Waals surface area contributed by atoms with Gasteiger partial charge in [-0.3, -0.25) is 4.57 Å². The number of hydrogen-bond donors (Lipinski definition) is 2. The van der Waals surface area contributed by atoms with Crippen molar-refractivity contribution in [1.82, 2.24) is 9.47 Å². The lowest BCUT2D eigenvalue weighted by molar-refractivity contribution is 0.0710. The summed E-state index contributed by atoms with van der Waals surface area (Å²) in [4.78, 5) is 2.56. The number of nitrogens with zero attached hydrogens (tertiary/aromatic N) is 2. The normalized spacial score (nSPS) is 24.5. The maximum Gasteiger partial charge on any atom is 0.197 e. The Bertz CT molecular complexity index is 904. The molecule has 2 fully saturated rings. The summed E-state index contributed by atoms with van der Waals surface area (Å²) in [6, 6.07) is 6.31. The van der Waals surface area contributed by atoms with E-state index in [1.54, 1.807) is 12.1 Å². The number of ether oxygens (including phenoxy) is 1. The number of benzene rings is 1. The fourth-order valence-electron chi connectivity index (χ4n) is 6.24. The number of hydrogen-bond acceptors (Lipinski definition) is 4. The first kappa shape index (κ1) is 22.6. The quantitative estimate of drug-likeness (QED) is 0.622. The predicted molar refractivity (Wildman–Crippen MR) is 126 cm³/mol. The summed E-state index contributed by atoms with van der Waals surface area (Å²) in [5.41, 5.74) is 1.96. The molecule has 2 aromatic rings. The second kappa shape index (κ2) is 9.96. The minimum absolute atomic E-state index is 0.189. The molecule has 0 amide bonds. The fraction of sp³-hybridized carbons (Fsp3) is 0.630. The van der Waals surface area contributed by atoms with Gasteiger partial charge in [0.15, 0.2) is 11.8 Å². The molecule has 6 heteroatoms. The highest BCUT2D eigenvalue weighted by Crippen LogP contribution is 2.41. The molecule has 2 atom stereocenters. The lowest BCUT2D eigenvalue weighted by Crippen LogP contribution is -2.42. The Kier molecular flexibility index (Phi) is 6.81. The summed E-state index contributed by atoms with van der Waals surface area (Å²) >= 11 is 0. The smallest absolute Gasteiger partial charge is 0.197 e. The molecular weight excluding hydrogens is 419 g/mol. The van der Waals surface area contributed by atoms with Crippen LogP contribution in [0.5, 0.6) is 17.5 Å². The molecule has 33 heavy (non-hydrogen) atoms. The molecule has 3 aliphatic rings. The van der Waals surface area contributed by atoms with E-state index in [4.69, 9.17) is 4.74 Å². The van der Waals surface area contributed by atoms with Crippen LogP contribution < -0.4 is 4.74 Å². The molecule has 0 radical (unpaired) electrons. The van der Waals surface area contributed by atoms with Gasteiger partial charge in [0.1, 0.15) is 17.7 Å². The zero-order chi connectivity index (χ0) is 22.8. The van der Waals surface area contributed by atoms with Crippen LogP contribution in [0.15, 0.2) is 24.3 Å². The fourth-order valence-corrected chi connectivity index (χ4v) is 6.24. The van der Waals surface area contributed by atoms with Crippen molar-refractivity contribution in [2.75, 3.05) is 19.6 Å². The Morgan fingerprint density at radius 2 is 1.36 bits per heavy atom. The molecule has 0 spiro atoms. The van der Waals surface area contributed by atoms with Crippen molar-refractivity contribution in [3.8, 4) is 17.5 Å². The Morgan fingerprint density at radius 3 is 1.97 bits per heavy atom. The third kappa shape index (κ3) is 5.01. The standard InChI is InChI=1S/C27H37FN2O3/c28-21-9-11-22(12-10-21)33-23-13-15-29(16-14-23)17-19-5-1-2-6-20(19)18-30-26(31)24-7-3-4-8-25(24)27(30)32/h9-12,19-20,23,31-32H,1-8,13-18H2. The van der Waals surface area contributed by atoms with Gasteiger partial charge in [-0.25, -0.2) is 4.39 Å². The topological polar surface area (TPSA) is 57.9 Å². The number of aromatic hydroxyl groups is 2. The summed E-state index contributed by atoms with van der Waals surface area (Å²) in [6.45, 7) is 3.84. The molecule has 5 nitrogen and oxygen atoms in total. The van der Waals surface area contributed by atoms with Crippen LogP contribution in [0.3, 0.4) is 0 Å². The van der Waals surface area contributed by atoms with E-state index in [9.17, 15) is 14.6 Å².